The molecule has 23 heavy (non-hydrogen) atoms. The quantitative estimate of drug-likeness (QED) is 0.603. The highest BCUT2D eigenvalue weighted by Crippen LogP contribution is 2.18. The maximum Gasteiger partial charge on any atom is 0.284 e. The number of non-ortho nitro benzene ring substituents is 1. The minimum Gasteiger partial charge on any atom is -0.484 e. The van der Waals surface area contributed by atoms with E-state index in [1.165, 1.54) is 28.9 Å². The molecule has 7 heteroatoms. The molecular weight excluding hydrogens is 298 g/mol. The minimum atomic E-state index is -0.486. The Morgan fingerprint density at radius 3 is 2.52 bits per heavy atom. The van der Waals surface area contributed by atoms with Gasteiger partial charge in [-0.05, 0) is 38.0 Å². The van der Waals surface area contributed by atoms with Crippen molar-refractivity contribution in [3.63, 3.8) is 0 Å². The van der Waals surface area contributed by atoms with E-state index < -0.39 is 4.92 Å². The van der Waals surface area contributed by atoms with Crippen LogP contribution in [0.3, 0.4) is 0 Å². The molecule has 0 amide bonds. The van der Waals surface area contributed by atoms with Crippen LogP contribution < -0.4 is 4.74 Å². The summed E-state index contributed by atoms with van der Waals surface area (Å²) in [6.45, 7) is 5.66. The summed E-state index contributed by atoms with van der Waals surface area (Å²) in [5.41, 5.74) is 2.76. The van der Waals surface area contributed by atoms with Gasteiger partial charge in [-0.25, -0.2) is 4.68 Å². The Bertz CT molecular complexity index is 720. The fourth-order valence-electron chi connectivity index (χ4n) is 2.40. The van der Waals surface area contributed by atoms with E-state index in [9.17, 15) is 14.9 Å². The van der Waals surface area contributed by atoms with Gasteiger partial charge in [0.15, 0.2) is 6.61 Å². The summed E-state index contributed by atoms with van der Waals surface area (Å²) in [7, 11) is 0. The zero-order valence-electron chi connectivity index (χ0n) is 13.4. The summed E-state index contributed by atoms with van der Waals surface area (Å²) in [6, 6.07) is 5.61. The fourth-order valence-corrected chi connectivity index (χ4v) is 2.40. The lowest BCUT2D eigenvalue weighted by Gasteiger charge is -2.07. The van der Waals surface area contributed by atoms with E-state index in [2.05, 4.69) is 12.0 Å². The summed E-state index contributed by atoms with van der Waals surface area (Å²) < 4.78 is 6.75. The Kier molecular flexibility index (Phi) is 5.10. The number of benzene rings is 1. The predicted octanol–water partition coefficient (Wildman–Crippen LogP) is 3.08. The number of carbonyl (C=O) groups is 1. The van der Waals surface area contributed by atoms with Crippen LogP contribution in [-0.2, 0) is 6.42 Å². The normalized spacial score (nSPS) is 10.6. The lowest BCUT2D eigenvalue weighted by atomic mass is 10.1. The molecule has 1 aromatic carbocycles. The van der Waals surface area contributed by atoms with Crippen molar-refractivity contribution in [1.29, 1.82) is 0 Å². The molecule has 0 aliphatic carbocycles. The first-order chi connectivity index (χ1) is 10.9. The number of nitrogens with zero attached hydrogens (tertiary/aromatic N) is 3. The van der Waals surface area contributed by atoms with Crippen molar-refractivity contribution < 1.29 is 14.5 Å². The number of ether oxygens (including phenoxy) is 1. The van der Waals surface area contributed by atoms with Gasteiger partial charge in [0, 0.05) is 17.8 Å². The van der Waals surface area contributed by atoms with Gasteiger partial charge in [-0.3, -0.25) is 14.9 Å². The third-order valence-corrected chi connectivity index (χ3v) is 3.59. The van der Waals surface area contributed by atoms with Gasteiger partial charge in [0.1, 0.15) is 5.75 Å². The highest BCUT2D eigenvalue weighted by Gasteiger charge is 2.16. The molecular formula is C16H19N3O4. The van der Waals surface area contributed by atoms with E-state index in [1.807, 2.05) is 13.8 Å². The number of aromatic nitrogens is 2. The average Bonchev–Trinajstić information content (AvgIpc) is 2.81. The largest absolute Gasteiger partial charge is 0.484 e. The molecule has 0 spiro atoms. The highest BCUT2D eigenvalue weighted by molar-refractivity contribution is 5.80. The first kappa shape index (κ1) is 16.7. The van der Waals surface area contributed by atoms with Gasteiger partial charge in [-0.2, -0.15) is 5.10 Å². The smallest absolute Gasteiger partial charge is 0.284 e. The van der Waals surface area contributed by atoms with Crippen LogP contribution in [0.4, 0.5) is 5.69 Å². The standard InChI is InChI=1S/C16H19N3O4/c1-4-5-15-11(2)17-18(12(15)3)16(20)10-23-14-8-6-13(7-9-14)19(21)22/h6-9H,4-5,10H2,1-3H3. The predicted molar refractivity (Wildman–Crippen MR) is 84.9 cm³/mol. The molecule has 0 bridgehead atoms. The van der Waals surface area contributed by atoms with E-state index in [0.717, 1.165) is 29.8 Å². The van der Waals surface area contributed by atoms with Gasteiger partial charge < -0.3 is 4.74 Å². The van der Waals surface area contributed by atoms with Gasteiger partial charge in [0.2, 0.25) is 0 Å². The van der Waals surface area contributed by atoms with E-state index in [1.54, 1.807) is 0 Å². The van der Waals surface area contributed by atoms with E-state index >= 15 is 0 Å². The molecule has 0 saturated heterocycles. The van der Waals surface area contributed by atoms with Crippen LogP contribution in [0.5, 0.6) is 5.75 Å². The SMILES string of the molecule is CCCc1c(C)nn(C(=O)COc2ccc([N+](=O)[O-])cc2)c1C. The molecule has 1 aromatic heterocycles. The lowest BCUT2D eigenvalue weighted by molar-refractivity contribution is -0.384. The van der Waals surface area contributed by atoms with Crippen molar-refractivity contribution in [2.75, 3.05) is 6.61 Å². The maximum atomic E-state index is 12.3. The average molecular weight is 317 g/mol. The topological polar surface area (TPSA) is 87.3 Å². The maximum absolute atomic E-state index is 12.3. The van der Waals surface area contributed by atoms with Gasteiger partial charge in [0.05, 0.1) is 10.6 Å². The monoisotopic (exact) mass is 317 g/mol. The molecule has 0 radical (unpaired) electrons. The van der Waals surface area contributed by atoms with Crippen molar-refractivity contribution in [2.24, 2.45) is 0 Å². The van der Waals surface area contributed by atoms with Crippen LogP contribution in [0.1, 0.15) is 35.1 Å². The molecule has 7 nitrogen and oxygen atoms in total. The zero-order valence-corrected chi connectivity index (χ0v) is 13.4. The van der Waals surface area contributed by atoms with Gasteiger partial charge >= 0.3 is 0 Å². The highest BCUT2D eigenvalue weighted by atomic mass is 16.6. The Hall–Kier alpha value is -2.70. The molecule has 0 atom stereocenters. The molecule has 0 saturated carbocycles. The molecule has 2 rings (SSSR count). The van der Waals surface area contributed by atoms with E-state index in [-0.39, 0.29) is 18.2 Å². The Labute approximate surface area is 134 Å². The number of carbonyl (C=O) groups excluding carboxylic acids is 1. The van der Waals surface area contributed by atoms with Crippen molar-refractivity contribution in [1.82, 2.24) is 9.78 Å². The van der Waals surface area contributed by atoms with Gasteiger partial charge in [-0.1, -0.05) is 13.3 Å². The number of hydrogen-bond acceptors (Lipinski definition) is 5. The Morgan fingerprint density at radius 2 is 1.96 bits per heavy atom. The second-order valence-corrected chi connectivity index (χ2v) is 5.24. The summed E-state index contributed by atoms with van der Waals surface area (Å²) in [5.74, 6) is 0.130. The lowest BCUT2D eigenvalue weighted by Crippen LogP contribution is -2.21. The molecule has 0 fully saturated rings. The summed E-state index contributed by atoms with van der Waals surface area (Å²) in [5, 5.41) is 14.9. The first-order valence-electron chi connectivity index (χ1n) is 7.39. The van der Waals surface area contributed by atoms with Crippen molar-refractivity contribution in [3.8, 4) is 5.75 Å². The molecule has 1 heterocycles. The third-order valence-electron chi connectivity index (χ3n) is 3.59. The number of rotatable bonds is 6. The second kappa shape index (κ2) is 7.04. The van der Waals surface area contributed by atoms with Crippen molar-refractivity contribution in [2.45, 2.75) is 33.6 Å². The number of hydrogen-bond donors (Lipinski definition) is 0. The first-order valence-corrected chi connectivity index (χ1v) is 7.39. The van der Waals surface area contributed by atoms with Crippen molar-refractivity contribution >= 4 is 11.6 Å². The zero-order chi connectivity index (χ0) is 17.0. The molecule has 0 aliphatic rings. The Balaban J connectivity index is 2.05. The number of nitro groups is 1. The van der Waals surface area contributed by atoms with Crippen LogP contribution in [-0.4, -0.2) is 27.2 Å². The molecule has 0 unspecified atom stereocenters. The molecule has 122 valence electrons. The molecule has 2 aromatic rings. The third kappa shape index (κ3) is 3.74. The molecule has 0 aliphatic heterocycles. The summed E-state index contributed by atoms with van der Waals surface area (Å²) in [6.07, 6.45) is 1.87. The van der Waals surface area contributed by atoms with Gasteiger partial charge in [-0.15, -0.1) is 0 Å². The van der Waals surface area contributed by atoms with Crippen LogP contribution in [0.15, 0.2) is 24.3 Å². The van der Waals surface area contributed by atoms with E-state index in [4.69, 9.17) is 4.74 Å². The van der Waals surface area contributed by atoms with Crippen LogP contribution in [0.25, 0.3) is 0 Å². The van der Waals surface area contributed by atoms with Crippen LogP contribution in [0.2, 0.25) is 0 Å². The second-order valence-electron chi connectivity index (χ2n) is 5.24. The molecule has 0 N–H and O–H groups in total. The minimum absolute atomic E-state index is 0.0218. The Morgan fingerprint density at radius 1 is 1.30 bits per heavy atom. The van der Waals surface area contributed by atoms with Crippen LogP contribution >= 0.6 is 0 Å². The number of nitro benzene ring substituents is 1. The summed E-state index contributed by atoms with van der Waals surface area (Å²) in [4.78, 5) is 22.4. The summed E-state index contributed by atoms with van der Waals surface area (Å²) >= 11 is 0. The van der Waals surface area contributed by atoms with Crippen molar-refractivity contribution in [3.05, 3.63) is 51.3 Å². The van der Waals surface area contributed by atoms with E-state index in [0.29, 0.717) is 5.75 Å². The van der Waals surface area contributed by atoms with Gasteiger partial charge in [0.25, 0.3) is 11.6 Å². The van der Waals surface area contributed by atoms with Crippen LogP contribution in [0, 0.1) is 24.0 Å². The number of aryl methyl sites for hydroxylation is 1. The fraction of sp³-hybridized carbons (Fsp3) is 0.375.